The third kappa shape index (κ3) is 11.2. The highest BCUT2D eigenvalue weighted by Gasteiger charge is 2.38. The zero-order chi connectivity index (χ0) is 42.9. The molecule has 0 spiro atoms. The van der Waals surface area contributed by atoms with E-state index in [4.69, 9.17) is 9.47 Å². The van der Waals surface area contributed by atoms with Gasteiger partial charge in [-0.05, 0) is 95.3 Å². The Morgan fingerprint density at radius 1 is 0.738 bits per heavy atom. The van der Waals surface area contributed by atoms with Gasteiger partial charge in [-0.15, -0.1) is 11.8 Å². The summed E-state index contributed by atoms with van der Waals surface area (Å²) in [5.74, 6) is -0.853. The number of thioether (sulfide) groups is 1. The minimum atomic E-state index is -3.99. The molecule has 0 radical (unpaired) electrons. The molecular weight excluding hydrogens is 809 g/mol. The summed E-state index contributed by atoms with van der Waals surface area (Å²) in [6.07, 6.45) is -1.07. The number of aliphatic hydroxyl groups is 1. The van der Waals surface area contributed by atoms with E-state index in [1.54, 1.807) is 48.2 Å². The molecule has 6 aromatic carbocycles. The first-order chi connectivity index (χ1) is 29.4. The highest BCUT2D eigenvalue weighted by Crippen LogP contribution is 2.43. The molecule has 0 aromatic heterocycles. The molecule has 4 N–H and O–H groups in total. The molecule has 0 aliphatic carbocycles. The zero-order valence-corrected chi connectivity index (χ0v) is 35.4. The Kier molecular flexibility index (Phi) is 14.2. The topological polar surface area (TPSA) is 151 Å². The highest BCUT2D eigenvalue weighted by molar-refractivity contribution is 7.99. The lowest BCUT2D eigenvalue weighted by Gasteiger charge is -2.41. The van der Waals surface area contributed by atoms with Crippen LogP contribution in [0.1, 0.15) is 63.1 Å². The van der Waals surface area contributed by atoms with Gasteiger partial charge in [-0.25, -0.2) is 13.2 Å². The fraction of sp³-hybridized carbons (Fsp3) is 0.224. The lowest BCUT2D eigenvalue weighted by molar-refractivity contribution is -0.268. The first-order valence-electron chi connectivity index (χ1n) is 20.0. The Labute approximate surface area is 361 Å². The van der Waals surface area contributed by atoms with E-state index >= 15 is 0 Å². The minimum absolute atomic E-state index is 0.0395. The standard InChI is InChI=1S/C49H48N2O8S2/c1-32-14-24-43(25-15-32)61(56,57)51-44(27-34-8-4-3-5-9-34)47(53)50-29-36-10-6-11-39(26-36)40-12-7-13-41(28-40)49-58-45(31-60-42-22-20-38(21-23-42)48(54)55)33(2)46(59-49)37-18-16-35(30-52)17-19-37/h3-26,28,33,44-46,49,51-52H,27,29-31H2,1-2H3,(H,50,53)(H,54,55)/t33-,44-,45+,46+,49+/m1/s1. The number of carbonyl (C=O) groups is 2. The molecule has 1 fully saturated rings. The molecule has 12 heteroatoms. The quantitative estimate of drug-likeness (QED) is 0.0702. The molecule has 61 heavy (non-hydrogen) atoms. The highest BCUT2D eigenvalue weighted by atomic mass is 32.2. The van der Waals surface area contributed by atoms with Crippen LogP contribution in [0.25, 0.3) is 11.1 Å². The molecule has 1 amide bonds. The molecule has 1 aliphatic rings. The second-order valence-electron chi connectivity index (χ2n) is 15.2. The third-order valence-corrected chi connectivity index (χ3v) is 13.3. The van der Waals surface area contributed by atoms with Gasteiger partial charge in [0.25, 0.3) is 0 Å². The molecule has 7 rings (SSSR count). The number of nitrogens with one attached hydrogen (secondary N) is 2. The maximum absolute atomic E-state index is 13.7. The van der Waals surface area contributed by atoms with Crippen LogP contribution in [-0.4, -0.2) is 48.4 Å². The number of rotatable bonds is 16. The number of sulfonamides is 1. The van der Waals surface area contributed by atoms with Crippen LogP contribution in [-0.2, 0) is 43.9 Å². The van der Waals surface area contributed by atoms with E-state index in [0.29, 0.717) is 5.75 Å². The third-order valence-electron chi connectivity index (χ3n) is 10.8. The van der Waals surface area contributed by atoms with Gasteiger partial charge in [0.1, 0.15) is 6.04 Å². The molecule has 1 aliphatic heterocycles. The van der Waals surface area contributed by atoms with Crippen LogP contribution in [0, 0.1) is 12.8 Å². The summed E-state index contributed by atoms with van der Waals surface area (Å²) in [5.41, 5.74) is 7.23. The Balaban J connectivity index is 1.08. The summed E-state index contributed by atoms with van der Waals surface area (Å²) < 4.78 is 42.9. The molecule has 0 unspecified atom stereocenters. The molecule has 6 aromatic rings. The van der Waals surface area contributed by atoms with Crippen molar-refractivity contribution in [3.8, 4) is 11.1 Å². The predicted molar refractivity (Wildman–Crippen MR) is 236 cm³/mol. The van der Waals surface area contributed by atoms with Crippen LogP contribution < -0.4 is 10.0 Å². The van der Waals surface area contributed by atoms with E-state index in [-0.39, 0.29) is 48.2 Å². The van der Waals surface area contributed by atoms with Gasteiger partial charge in [0.2, 0.25) is 15.9 Å². The molecule has 5 atom stereocenters. The maximum Gasteiger partial charge on any atom is 0.335 e. The van der Waals surface area contributed by atoms with Crippen LogP contribution in [0.15, 0.2) is 161 Å². The molecule has 0 bridgehead atoms. The van der Waals surface area contributed by atoms with Crippen molar-refractivity contribution in [3.63, 3.8) is 0 Å². The maximum atomic E-state index is 13.7. The molecular formula is C49H48N2O8S2. The lowest BCUT2D eigenvalue weighted by atomic mass is 9.91. The van der Waals surface area contributed by atoms with Crippen LogP contribution in [0.5, 0.6) is 0 Å². The van der Waals surface area contributed by atoms with Crippen molar-refractivity contribution in [1.29, 1.82) is 0 Å². The largest absolute Gasteiger partial charge is 0.478 e. The van der Waals surface area contributed by atoms with Gasteiger partial charge in [0, 0.05) is 28.7 Å². The lowest BCUT2D eigenvalue weighted by Crippen LogP contribution is -2.47. The smallest absolute Gasteiger partial charge is 0.335 e. The van der Waals surface area contributed by atoms with Gasteiger partial charge < -0.3 is 25.0 Å². The number of carboxylic acid groups (broad SMARTS) is 1. The molecule has 10 nitrogen and oxygen atoms in total. The van der Waals surface area contributed by atoms with Crippen molar-refractivity contribution >= 4 is 33.7 Å². The number of carboxylic acids is 1. The Morgan fingerprint density at radius 3 is 2.10 bits per heavy atom. The van der Waals surface area contributed by atoms with E-state index in [1.165, 1.54) is 12.1 Å². The van der Waals surface area contributed by atoms with Gasteiger partial charge in [0.15, 0.2) is 6.29 Å². The number of amides is 1. The Hall–Kier alpha value is -5.60. The SMILES string of the molecule is Cc1ccc(S(=O)(=O)N[C@H](Cc2ccccc2)C(=O)NCc2cccc(-c3cccc([C@H]4O[C@@H](CSc5ccc(C(=O)O)cc5)[C@@H](C)[C@@H](c5ccc(CO)cc5)O4)c3)c2)cc1. The van der Waals surface area contributed by atoms with Crippen molar-refractivity contribution in [2.45, 2.75) is 67.8 Å². The normalized spacial score (nSPS) is 18.3. The van der Waals surface area contributed by atoms with Crippen molar-refractivity contribution in [3.05, 3.63) is 191 Å². The number of benzene rings is 6. The number of aliphatic hydroxyl groups excluding tert-OH is 1. The Morgan fingerprint density at radius 2 is 1.41 bits per heavy atom. The average Bonchev–Trinajstić information content (AvgIpc) is 3.28. The fourth-order valence-corrected chi connectivity index (χ4v) is 9.49. The van der Waals surface area contributed by atoms with Gasteiger partial charge >= 0.3 is 5.97 Å². The van der Waals surface area contributed by atoms with Crippen LogP contribution in [0.3, 0.4) is 0 Å². The van der Waals surface area contributed by atoms with Gasteiger partial charge in [-0.3, -0.25) is 4.79 Å². The van der Waals surface area contributed by atoms with Gasteiger partial charge in [-0.1, -0.05) is 116 Å². The van der Waals surface area contributed by atoms with E-state index in [0.717, 1.165) is 49.4 Å². The van der Waals surface area contributed by atoms with Crippen LogP contribution >= 0.6 is 11.8 Å². The second-order valence-corrected chi connectivity index (χ2v) is 18.0. The fourth-order valence-electron chi connectivity index (χ4n) is 7.23. The summed E-state index contributed by atoms with van der Waals surface area (Å²) in [6.45, 7) is 4.09. The summed E-state index contributed by atoms with van der Waals surface area (Å²) in [4.78, 5) is 26.1. The number of carbonyl (C=O) groups excluding carboxylic acids is 1. The number of aromatic carboxylic acids is 1. The molecule has 1 saturated heterocycles. The summed E-state index contributed by atoms with van der Waals surface area (Å²) in [5, 5.41) is 22.0. The molecule has 314 valence electrons. The predicted octanol–water partition coefficient (Wildman–Crippen LogP) is 8.64. The van der Waals surface area contributed by atoms with Gasteiger partial charge in [0.05, 0.1) is 29.3 Å². The first kappa shape index (κ1) is 43.5. The Bertz CT molecular complexity index is 2530. The van der Waals surface area contributed by atoms with Crippen molar-refractivity contribution in [2.24, 2.45) is 5.92 Å². The molecule has 1 heterocycles. The van der Waals surface area contributed by atoms with Gasteiger partial charge in [-0.2, -0.15) is 4.72 Å². The minimum Gasteiger partial charge on any atom is -0.478 e. The average molecular weight is 857 g/mol. The number of hydrogen-bond donors (Lipinski definition) is 4. The van der Waals surface area contributed by atoms with E-state index in [2.05, 4.69) is 17.0 Å². The van der Waals surface area contributed by atoms with Crippen LogP contribution in [0.2, 0.25) is 0 Å². The first-order valence-corrected chi connectivity index (χ1v) is 22.5. The number of ether oxygens (including phenoxy) is 2. The van der Waals surface area contributed by atoms with Crippen molar-refractivity contribution < 1.29 is 37.7 Å². The van der Waals surface area contributed by atoms with Crippen molar-refractivity contribution in [2.75, 3.05) is 5.75 Å². The number of aryl methyl sites for hydroxylation is 1. The monoisotopic (exact) mass is 856 g/mol. The van der Waals surface area contributed by atoms with Crippen LogP contribution in [0.4, 0.5) is 0 Å². The summed E-state index contributed by atoms with van der Waals surface area (Å²) in [7, 11) is -3.99. The summed E-state index contributed by atoms with van der Waals surface area (Å²) >= 11 is 1.59. The second kappa shape index (κ2) is 19.9. The van der Waals surface area contributed by atoms with E-state index in [9.17, 15) is 28.2 Å². The van der Waals surface area contributed by atoms with E-state index < -0.39 is 34.2 Å². The number of hydrogen-bond acceptors (Lipinski definition) is 8. The van der Waals surface area contributed by atoms with E-state index in [1.807, 2.05) is 110 Å². The summed E-state index contributed by atoms with van der Waals surface area (Å²) in [6, 6.07) is 45.1. The van der Waals surface area contributed by atoms with Crippen molar-refractivity contribution in [1.82, 2.24) is 10.0 Å². The molecule has 0 saturated carbocycles. The zero-order valence-electron chi connectivity index (χ0n) is 33.8.